The number of carboxylic acid groups (broad SMARTS) is 1. The van der Waals surface area contributed by atoms with Gasteiger partial charge < -0.3 is 9.84 Å². The van der Waals surface area contributed by atoms with Crippen molar-refractivity contribution in [1.29, 1.82) is 0 Å². The van der Waals surface area contributed by atoms with Crippen molar-refractivity contribution in [2.45, 2.75) is 13.3 Å². The fourth-order valence-electron chi connectivity index (χ4n) is 1.27. The SMILES string of the molecule is COc1cc(CC(C)C(=O)O)ccc1F. The molecule has 4 heteroatoms. The normalized spacial score (nSPS) is 12.2. The minimum absolute atomic E-state index is 0.144. The van der Waals surface area contributed by atoms with Gasteiger partial charge in [0.2, 0.25) is 0 Å². The Balaban J connectivity index is 2.83. The second-order valence-corrected chi connectivity index (χ2v) is 3.41. The first-order chi connectivity index (χ1) is 7.04. The number of carbonyl (C=O) groups is 1. The van der Waals surface area contributed by atoms with Crippen LogP contribution in [0.2, 0.25) is 0 Å². The Morgan fingerprint density at radius 3 is 2.80 bits per heavy atom. The van der Waals surface area contributed by atoms with E-state index in [2.05, 4.69) is 0 Å². The molecule has 0 aliphatic carbocycles. The monoisotopic (exact) mass is 212 g/mol. The number of ether oxygens (including phenoxy) is 1. The Morgan fingerprint density at radius 1 is 1.60 bits per heavy atom. The average Bonchev–Trinajstić information content (AvgIpc) is 2.20. The zero-order valence-electron chi connectivity index (χ0n) is 8.66. The predicted molar refractivity (Wildman–Crippen MR) is 53.5 cm³/mol. The highest BCUT2D eigenvalue weighted by Crippen LogP contribution is 2.20. The topological polar surface area (TPSA) is 46.5 Å². The number of aliphatic carboxylic acids is 1. The first-order valence-electron chi connectivity index (χ1n) is 4.59. The summed E-state index contributed by atoms with van der Waals surface area (Å²) in [6.07, 6.45) is 0.367. The quantitative estimate of drug-likeness (QED) is 0.831. The fraction of sp³-hybridized carbons (Fsp3) is 0.364. The van der Waals surface area contributed by atoms with Crippen LogP contribution in [0.4, 0.5) is 4.39 Å². The Bertz CT molecular complexity index is 363. The molecule has 1 aromatic carbocycles. The summed E-state index contributed by atoms with van der Waals surface area (Å²) in [6, 6.07) is 4.37. The Morgan fingerprint density at radius 2 is 2.27 bits per heavy atom. The van der Waals surface area contributed by atoms with Gasteiger partial charge in [-0.2, -0.15) is 0 Å². The summed E-state index contributed by atoms with van der Waals surface area (Å²) in [5, 5.41) is 8.72. The molecule has 1 atom stereocenters. The summed E-state index contributed by atoms with van der Waals surface area (Å²) in [6.45, 7) is 1.61. The van der Waals surface area contributed by atoms with Gasteiger partial charge in [0.15, 0.2) is 11.6 Å². The summed E-state index contributed by atoms with van der Waals surface area (Å²) in [7, 11) is 1.38. The lowest BCUT2D eigenvalue weighted by molar-refractivity contribution is -0.141. The van der Waals surface area contributed by atoms with Crippen LogP contribution in [-0.4, -0.2) is 18.2 Å². The molecule has 1 unspecified atom stereocenters. The van der Waals surface area contributed by atoms with Gasteiger partial charge in [-0.05, 0) is 24.1 Å². The molecule has 82 valence electrons. The van der Waals surface area contributed by atoms with Crippen LogP contribution in [0.5, 0.6) is 5.75 Å². The lowest BCUT2D eigenvalue weighted by Gasteiger charge is -2.08. The van der Waals surface area contributed by atoms with Gasteiger partial charge in [0.05, 0.1) is 13.0 Å². The molecule has 0 bridgehead atoms. The molecule has 0 saturated carbocycles. The van der Waals surface area contributed by atoms with Crippen LogP contribution in [0.15, 0.2) is 18.2 Å². The van der Waals surface area contributed by atoms with E-state index in [1.807, 2.05) is 0 Å². The number of carboxylic acids is 1. The van der Waals surface area contributed by atoms with Gasteiger partial charge >= 0.3 is 5.97 Å². The maximum absolute atomic E-state index is 13.0. The van der Waals surface area contributed by atoms with Gasteiger partial charge in [0.25, 0.3) is 0 Å². The second kappa shape index (κ2) is 4.77. The van der Waals surface area contributed by atoms with Gasteiger partial charge in [0, 0.05) is 0 Å². The third kappa shape index (κ3) is 2.94. The van der Waals surface area contributed by atoms with Crippen LogP contribution in [0, 0.1) is 11.7 Å². The van der Waals surface area contributed by atoms with Gasteiger partial charge in [-0.1, -0.05) is 13.0 Å². The van der Waals surface area contributed by atoms with Crippen LogP contribution in [-0.2, 0) is 11.2 Å². The molecule has 0 amide bonds. The third-order valence-electron chi connectivity index (χ3n) is 2.18. The summed E-state index contributed by atoms with van der Waals surface area (Å²) in [4.78, 5) is 10.6. The lowest BCUT2D eigenvalue weighted by Crippen LogP contribution is -2.12. The summed E-state index contributed by atoms with van der Waals surface area (Å²) in [5.41, 5.74) is 0.753. The van der Waals surface area contributed by atoms with Gasteiger partial charge in [-0.15, -0.1) is 0 Å². The molecule has 0 heterocycles. The summed E-state index contributed by atoms with van der Waals surface area (Å²) < 4.78 is 17.8. The zero-order chi connectivity index (χ0) is 11.4. The molecule has 1 rings (SSSR count). The number of hydrogen-bond acceptors (Lipinski definition) is 2. The van der Waals surface area contributed by atoms with Crippen molar-refractivity contribution in [3.8, 4) is 5.75 Å². The standard InChI is InChI=1S/C11H13FO3/c1-7(11(13)14)5-8-3-4-9(12)10(6-8)15-2/h3-4,6-7H,5H2,1-2H3,(H,13,14). The minimum Gasteiger partial charge on any atom is -0.494 e. The van der Waals surface area contributed by atoms with E-state index in [9.17, 15) is 9.18 Å². The zero-order valence-corrected chi connectivity index (χ0v) is 8.66. The summed E-state index contributed by atoms with van der Waals surface area (Å²) >= 11 is 0. The highest BCUT2D eigenvalue weighted by molar-refractivity contribution is 5.69. The van der Waals surface area contributed by atoms with E-state index in [0.717, 1.165) is 5.56 Å². The van der Waals surface area contributed by atoms with Gasteiger partial charge in [0.1, 0.15) is 0 Å². The van der Waals surface area contributed by atoms with Crippen LogP contribution in [0.1, 0.15) is 12.5 Å². The third-order valence-corrected chi connectivity index (χ3v) is 2.18. The highest BCUT2D eigenvalue weighted by Gasteiger charge is 2.12. The van der Waals surface area contributed by atoms with Gasteiger partial charge in [-0.3, -0.25) is 4.79 Å². The van der Waals surface area contributed by atoms with E-state index >= 15 is 0 Å². The molecule has 3 nitrogen and oxygen atoms in total. The Labute approximate surface area is 87.5 Å². The highest BCUT2D eigenvalue weighted by atomic mass is 19.1. The van der Waals surface area contributed by atoms with E-state index in [0.29, 0.717) is 6.42 Å². The van der Waals surface area contributed by atoms with Crippen LogP contribution < -0.4 is 4.74 Å². The average molecular weight is 212 g/mol. The molecular formula is C11H13FO3. The van der Waals surface area contributed by atoms with E-state index in [-0.39, 0.29) is 5.75 Å². The molecule has 0 radical (unpaired) electrons. The maximum Gasteiger partial charge on any atom is 0.306 e. The van der Waals surface area contributed by atoms with Crippen molar-refractivity contribution >= 4 is 5.97 Å². The van der Waals surface area contributed by atoms with E-state index in [1.54, 1.807) is 13.0 Å². The fourth-order valence-corrected chi connectivity index (χ4v) is 1.27. The van der Waals surface area contributed by atoms with E-state index < -0.39 is 17.7 Å². The number of rotatable bonds is 4. The molecule has 0 spiro atoms. The molecule has 1 N–H and O–H groups in total. The minimum atomic E-state index is -0.863. The molecule has 0 saturated heterocycles. The maximum atomic E-state index is 13.0. The first kappa shape index (κ1) is 11.5. The van der Waals surface area contributed by atoms with Crippen molar-refractivity contribution in [3.63, 3.8) is 0 Å². The largest absolute Gasteiger partial charge is 0.494 e. The van der Waals surface area contributed by atoms with Crippen LogP contribution >= 0.6 is 0 Å². The van der Waals surface area contributed by atoms with Crippen molar-refractivity contribution < 1.29 is 19.0 Å². The summed E-state index contributed by atoms with van der Waals surface area (Å²) in [5.74, 6) is -1.65. The Kier molecular flexibility index (Phi) is 3.66. The molecule has 0 aromatic heterocycles. The number of methoxy groups -OCH3 is 1. The first-order valence-corrected chi connectivity index (χ1v) is 4.59. The van der Waals surface area contributed by atoms with Crippen LogP contribution in [0.3, 0.4) is 0 Å². The predicted octanol–water partition coefficient (Wildman–Crippen LogP) is 2.10. The number of benzene rings is 1. The molecule has 1 aromatic rings. The van der Waals surface area contributed by atoms with E-state index in [4.69, 9.17) is 9.84 Å². The van der Waals surface area contributed by atoms with Crippen LogP contribution in [0.25, 0.3) is 0 Å². The van der Waals surface area contributed by atoms with Crippen molar-refractivity contribution in [2.75, 3.05) is 7.11 Å². The smallest absolute Gasteiger partial charge is 0.306 e. The van der Waals surface area contributed by atoms with Gasteiger partial charge in [-0.25, -0.2) is 4.39 Å². The lowest BCUT2D eigenvalue weighted by atomic mass is 10.0. The van der Waals surface area contributed by atoms with Crippen molar-refractivity contribution in [2.24, 2.45) is 5.92 Å². The van der Waals surface area contributed by atoms with Crippen molar-refractivity contribution in [1.82, 2.24) is 0 Å². The molecule has 0 aliphatic heterocycles. The molecule has 0 aliphatic rings. The molecule has 0 fully saturated rings. The number of halogens is 1. The second-order valence-electron chi connectivity index (χ2n) is 3.41. The van der Waals surface area contributed by atoms with Crippen molar-refractivity contribution in [3.05, 3.63) is 29.6 Å². The van der Waals surface area contributed by atoms with E-state index in [1.165, 1.54) is 19.2 Å². The molecule has 15 heavy (non-hydrogen) atoms. The molecular weight excluding hydrogens is 199 g/mol. The number of hydrogen-bond donors (Lipinski definition) is 1. The Hall–Kier alpha value is -1.58.